The van der Waals surface area contributed by atoms with Crippen LogP contribution in [-0.4, -0.2) is 26.2 Å². The summed E-state index contributed by atoms with van der Waals surface area (Å²) in [5.41, 5.74) is 1.83. The Balaban J connectivity index is 2.17. The molecular weight excluding hydrogens is 210 g/mol. The molecule has 1 heterocycles. The van der Waals surface area contributed by atoms with E-state index in [1.165, 1.54) is 12.8 Å². The van der Waals surface area contributed by atoms with Crippen molar-refractivity contribution in [1.82, 2.24) is 5.32 Å². The summed E-state index contributed by atoms with van der Waals surface area (Å²) in [7, 11) is 2.10. The normalized spacial score (nSPS) is 20.4. The van der Waals surface area contributed by atoms with E-state index < -0.39 is 0 Å². The Bertz CT molecular complexity index is 400. The van der Waals surface area contributed by atoms with Gasteiger partial charge in [0.15, 0.2) is 0 Å². The van der Waals surface area contributed by atoms with Gasteiger partial charge in [-0.05, 0) is 44.5 Å². The number of para-hydroxylation sites is 1. The minimum atomic E-state index is 0.541. The Kier molecular flexibility index (Phi) is 4.00. The average Bonchev–Trinajstić information content (AvgIpc) is 2.66. The SMILES string of the molecule is CN(c1ccccc1C#N)C1CCCNCC1. The molecule has 1 unspecified atom stereocenters. The fourth-order valence-corrected chi connectivity index (χ4v) is 2.46. The van der Waals surface area contributed by atoms with Gasteiger partial charge >= 0.3 is 0 Å². The molecule has 1 aromatic carbocycles. The lowest BCUT2D eigenvalue weighted by Gasteiger charge is -2.29. The minimum Gasteiger partial charge on any atom is -0.370 e. The van der Waals surface area contributed by atoms with Crippen molar-refractivity contribution in [3.05, 3.63) is 29.8 Å². The van der Waals surface area contributed by atoms with Crippen molar-refractivity contribution in [2.75, 3.05) is 25.0 Å². The van der Waals surface area contributed by atoms with E-state index in [9.17, 15) is 0 Å². The molecule has 0 saturated carbocycles. The highest BCUT2D eigenvalue weighted by Gasteiger charge is 2.18. The van der Waals surface area contributed by atoms with Crippen molar-refractivity contribution in [3.63, 3.8) is 0 Å². The van der Waals surface area contributed by atoms with E-state index in [0.717, 1.165) is 30.8 Å². The summed E-state index contributed by atoms with van der Waals surface area (Å²) in [6.07, 6.45) is 3.56. The zero-order valence-corrected chi connectivity index (χ0v) is 10.3. The van der Waals surface area contributed by atoms with Gasteiger partial charge in [0.1, 0.15) is 6.07 Å². The minimum absolute atomic E-state index is 0.541. The maximum atomic E-state index is 9.13. The maximum absolute atomic E-state index is 9.13. The first-order valence-electron chi connectivity index (χ1n) is 6.25. The van der Waals surface area contributed by atoms with Crippen molar-refractivity contribution in [2.24, 2.45) is 0 Å². The van der Waals surface area contributed by atoms with Gasteiger partial charge in [0.25, 0.3) is 0 Å². The molecule has 1 N–H and O–H groups in total. The van der Waals surface area contributed by atoms with Crippen molar-refractivity contribution in [2.45, 2.75) is 25.3 Å². The highest BCUT2D eigenvalue weighted by atomic mass is 15.1. The van der Waals surface area contributed by atoms with Crippen LogP contribution in [0.25, 0.3) is 0 Å². The van der Waals surface area contributed by atoms with Crippen molar-refractivity contribution < 1.29 is 0 Å². The van der Waals surface area contributed by atoms with Crippen LogP contribution in [0.1, 0.15) is 24.8 Å². The number of nitrogens with one attached hydrogen (secondary N) is 1. The largest absolute Gasteiger partial charge is 0.370 e. The molecule has 3 heteroatoms. The maximum Gasteiger partial charge on any atom is 0.101 e. The number of rotatable bonds is 2. The summed E-state index contributed by atoms with van der Waals surface area (Å²) < 4.78 is 0. The van der Waals surface area contributed by atoms with Crippen LogP contribution in [0.15, 0.2) is 24.3 Å². The van der Waals surface area contributed by atoms with Gasteiger partial charge in [0.05, 0.1) is 11.3 Å². The van der Waals surface area contributed by atoms with Crippen LogP contribution in [0, 0.1) is 11.3 Å². The predicted octanol–water partition coefficient (Wildman–Crippen LogP) is 2.14. The first-order chi connectivity index (χ1) is 8.33. The smallest absolute Gasteiger partial charge is 0.101 e. The van der Waals surface area contributed by atoms with Crippen molar-refractivity contribution >= 4 is 5.69 Å². The summed E-state index contributed by atoms with van der Waals surface area (Å²) >= 11 is 0. The van der Waals surface area contributed by atoms with Gasteiger partial charge in [-0.15, -0.1) is 0 Å². The van der Waals surface area contributed by atoms with E-state index in [1.54, 1.807) is 0 Å². The van der Waals surface area contributed by atoms with Gasteiger partial charge in [-0.25, -0.2) is 0 Å². The second-order valence-electron chi connectivity index (χ2n) is 4.57. The van der Waals surface area contributed by atoms with Gasteiger partial charge in [-0.2, -0.15) is 5.26 Å². The standard InChI is InChI=1S/C14H19N3/c1-17(13-6-4-9-16-10-8-13)14-7-3-2-5-12(14)11-15/h2-3,5,7,13,16H,4,6,8-10H2,1H3. The fourth-order valence-electron chi connectivity index (χ4n) is 2.46. The van der Waals surface area contributed by atoms with E-state index in [-0.39, 0.29) is 0 Å². The molecule has 0 amide bonds. The predicted molar refractivity (Wildman–Crippen MR) is 70.1 cm³/mol. The first kappa shape index (κ1) is 11.9. The van der Waals surface area contributed by atoms with Gasteiger partial charge in [0.2, 0.25) is 0 Å². The number of benzene rings is 1. The van der Waals surface area contributed by atoms with Crippen molar-refractivity contribution in [1.29, 1.82) is 5.26 Å². The second-order valence-corrected chi connectivity index (χ2v) is 4.57. The number of anilines is 1. The van der Waals surface area contributed by atoms with Crippen LogP contribution in [0.2, 0.25) is 0 Å². The number of nitriles is 1. The Morgan fingerprint density at radius 1 is 1.29 bits per heavy atom. The molecule has 90 valence electrons. The highest BCUT2D eigenvalue weighted by molar-refractivity contribution is 5.59. The highest BCUT2D eigenvalue weighted by Crippen LogP contribution is 2.23. The van der Waals surface area contributed by atoms with E-state index in [4.69, 9.17) is 5.26 Å². The molecule has 0 aromatic heterocycles. The Hall–Kier alpha value is -1.53. The molecule has 1 fully saturated rings. The Morgan fingerprint density at radius 2 is 2.12 bits per heavy atom. The second kappa shape index (κ2) is 5.70. The summed E-state index contributed by atoms with van der Waals surface area (Å²) in [6.45, 7) is 2.19. The summed E-state index contributed by atoms with van der Waals surface area (Å²) in [4.78, 5) is 2.27. The van der Waals surface area contributed by atoms with Crippen LogP contribution in [0.4, 0.5) is 5.69 Å². The molecule has 17 heavy (non-hydrogen) atoms. The van der Waals surface area contributed by atoms with Gasteiger partial charge < -0.3 is 10.2 Å². The van der Waals surface area contributed by atoms with Crippen LogP contribution in [-0.2, 0) is 0 Å². The Labute approximate surface area is 103 Å². The number of nitrogens with zero attached hydrogens (tertiary/aromatic N) is 2. The molecular formula is C14H19N3. The topological polar surface area (TPSA) is 39.1 Å². The van der Waals surface area contributed by atoms with Crippen molar-refractivity contribution in [3.8, 4) is 6.07 Å². The molecule has 0 aliphatic carbocycles. The lowest BCUT2D eigenvalue weighted by Crippen LogP contribution is -2.32. The van der Waals surface area contributed by atoms with E-state index >= 15 is 0 Å². The third-order valence-corrected chi connectivity index (χ3v) is 3.50. The van der Waals surface area contributed by atoms with Crippen LogP contribution < -0.4 is 10.2 Å². The molecule has 1 aliphatic heterocycles. The molecule has 1 atom stereocenters. The summed E-state index contributed by atoms with van der Waals surface area (Å²) in [5.74, 6) is 0. The summed E-state index contributed by atoms with van der Waals surface area (Å²) in [6, 6.07) is 10.7. The molecule has 0 radical (unpaired) electrons. The molecule has 1 saturated heterocycles. The Morgan fingerprint density at radius 3 is 2.94 bits per heavy atom. The third kappa shape index (κ3) is 2.78. The quantitative estimate of drug-likeness (QED) is 0.844. The lowest BCUT2D eigenvalue weighted by atomic mass is 10.1. The first-order valence-corrected chi connectivity index (χ1v) is 6.25. The molecule has 1 aliphatic rings. The van der Waals surface area contributed by atoms with Crippen LogP contribution in [0.3, 0.4) is 0 Å². The number of hydrogen-bond acceptors (Lipinski definition) is 3. The van der Waals surface area contributed by atoms with Gasteiger partial charge in [-0.1, -0.05) is 12.1 Å². The fraction of sp³-hybridized carbons (Fsp3) is 0.500. The van der Waals surface area contributed by atoms with E-state index in [1.807, 2.05) is 24.3 Å². The summed E-state index contributed by atoms with van der Waals surface area (Å²) in [5, 5.41) is 12.6. The lowest BCUT2D eigenvalue weighted by molar-refractivity contribution is 0.566. The zero-order valence-electron chi connectivity index (χ0n) is 10.3. The van der Waals surface area contributed by atoms with E-state index in [2.05, 4.69) is 23.3 Å². The van der Waals surface area contributed by atoms with Crippen LogP contribution >= 0.6 is 0 Å². The molecule has 0 bridgehead atoms. The molecule has 3 nitrogen and oxygen atoms in total. The number of hydrogen-bond donors (Lipinski definition) is 1. The molecule has 0 spiro atoms. The average molecular weight is 229 g/mol. The third-order valence-electron chi connectivity index (χ3n) is 3.50. The van der Waals surface area contributed by atoms with Gasteiger partial charge in [0, 0.05) is 13.1 Å². The molecule has 1 aromatic rings. The monoisotopic (exact) mass is 229 g/mol. The molecule has 2 rings (SSSR count). The van der Waals surface area contributed by atoms with Crippen LogP contribution in [0.5, 0.6) is 0 Å². The van der Waals surface area contributed by atoms with E-state index in [0.29, 0.717) is 6.04 Å². The van der Waals surface area contributed by atoms with Gasteiger partial charge in [-0.3, -0.25) is 0 Å². The zero-order chi connectivity index (χ0) is 12.1.